The van der Waals surface area contributed by atoms with Gasteiger partial charge in [-0.1, -0.05) is 30.3 Å². The van der Waals surface area contributed by atoms with Crippen LogP contribution in [-0.2, 0) is 16.1 Å². The Kier molecular flexibility index (Phi) is 6.15. The third kappa shape index (κ3) is 4.38. The molecule has 1 N–H and O–H groups in total. The van der Waals surface area contributed by atoms with Crippen LogP contribution in [0.1, 0.15) is 33.8 Å². The van der Waals surface area contributed by atoms with Gasteiger partial charge in [-0.25, -0.2) is 4.98 Å². The molecule has 0 bridgehead atoms. The Labute approximate surface area is 183 Å². The van der Waals surface area contributed by atoms with E-state index >= 15 is 0 Å². The van der Waals surface area contributed by atoms with Gasteiger partial charge in [-0.05, 0) is 25.0 Å². The SMILES string of the molecule is Cc1c(C(=O)NC(C)c2ccccc2)sc2ncn(CC(=O)N3CCOCC3)c(=O)c12. The van der Waals surface area contributed by atoms with Crippen molar-refractivity contribution in [3.63, 3.8) is 0 Å². The van der Waals surface area contributed by atoms with Crippen LogP contribution in [0.15, 0.2) is 41.5 Å². The summed E-state index contributed by atoms with van der Waals surface area (Å²) in [5.41, 5.74) is 1.27. The first-order valence-electron chi connectivity index (χ1n) is 10.2. The molecule has 2 aromatic heterocycles. The van der Waals surface area contributed by atoms with Gasteiger partial charge >= 0.3 is 0 Å². The molecule has 1 unspecified atom stereocenters. The van der Waals surface area contributed by atoms with Crippen molar-refractivity contribution in [2.45, 2.75) is 26.4 Å². The highest BCUT2D eigenvalue weighted by Crippen LogP contribution is 2.27. The van der Waals surface area contributed by atoms with Crippen LogP contribution in [0, 0.1) is 6.92 Å². The molecule has 9 heteroatoms. The maximum atomic E-state index is 13.0. The first-order valence-corrected chi connectivity index (χ1v) is 11.0. The molecule has 31 heavy (non-hydrogen) atoms. The lowest BCUT2D eigenvalue weighted by Gasteiger charge is -2.26. The van der Waals surface area contributed by atoms with Gasteiger partial charge in [0.25, 0.3) is 11.5 Å². The minimum atomic E-state index is -0.310. The van der Waals surface area contributed by atoms with E-state index in [9.17, 15) is 14.4 Å². The minimum Gasteiger partial charge on any atom is -0.378 e. The van der Waals surface area contributed by atoms with Crippen molar-refractivity contribution < 1.29 is 14.3 Å². The van der Waals surface area contributed by atoms with Crippen molar-refractivity contribution in [2.75, 3.05) is 26.3 Å². The highest BCUT2D eigenvalue weighted by molar-refractivity contribution is 7.20. The molecule has 0 radical (unpaired) electrons. The predicted octanol–water partition coefficient (Wildman–Crippen LogP) is 2.12. The molecule has 3 aromatic rings. The molecule has 3 heterocycles. The maximum Gasteiger partial charge on any atom is 0.262 e. The van der Waals surface area contributed by atoms with E-state index in [2.05, 4.69) is 10.3 Å². The Bertz CT molecular complexity index is 1170. The zero-order chi connectivity index (χ0) is 22.0. The van der Waals surface area contributed by atoms with Crippen LogP contribution in [0.3, 0.4) is 0 Å². The highest BCUT2D eigenvalue weighted by Gasteiger charge is 2.23. The van der Waals surface area contributed by atoms with E-state index in [4.69, 9.17) is 4.74 Å². The summed E-state index contributed by atoms with van der Waals surface area (Å²) in [5.74, 6) is -0.388. The second kappa shape index (κ2) is 8.99. The van der Waals surface area contributed by atoms with Gasteiger partial charge in [0, 0.05) is 13.1 Å². The Morgan fingerprint density at radius 1 is 1.23 bits per heavy atom. The number of benzene rings is 1. The number of rotatable bonds is 5. The van der Waals surface area contributed by atoms with E-state index in [1.807, 2.05) is 37.3 Å². The molecule has 1 fully saturated rings. The van der Waals surface area contributed by atoms with Crippen LogP contribution < -0.4 is 10.9 Å². The molecule has 8 nitrogen and oxygen atoms in total. The fraction of sp³-hybridized carbons (Fsp3) is 0.364. The molecule has 2 amide bonds. The molecule has 1 aliphatic rings. The maximum absolute atomic E-state index is 13.0. The first-order chi connectivity index (χ1) is 15.0. The standard InChI is InChI=1S/C22H24N4O4S/c1-14-18-21(31-19(14)20(28)24-15(2)16-6-4-3-5-7-16)23-13-26(22(18)29)12-17(27)25-8-10-30-11-9-25/h3-7,13,15H,8-12H2,1-2H3,(H,24,28). The van der Waals surface area contributed by atoms with Gasteiger partial charge < -0.3 is 15.0 Å². The fourth-order valence-corrected chi connectivity index (χ4v) is 4.68. The number of aryl methyl sites for hydroxylation is 1. The van der Waals surface area contributed by atoms with E-state index in [0.29, 0.717) is 47.0 Å². The third-order valence-electron chi connectivity index (χ3n) is 5.44. The summed E-state index contributed by atoms with van der Waals surface area (Å²) in [6.45, 7) is 5.62. The second-order valence-electron chi connectivity index (χ2n) is 7.51. The Morgan fingerprint density at radius 3 is 2.65 bits per heavy atom. The first kappa shape index (κ1) is 21.2. The number of carbonyl (C=O) groups is 2. The van der Waals surface area contributed by atoms with E-state index < -0.39 is 0 Å². The number of thiophene rings is 1. The number of aromatic nitrogens is 2. The summed E-state index contributed by atoms with van der Waals surface area (Å²) >= 11 is 1.19. The average Bonchev–Trinajstić information content (AvgIpc) is 3.14. The van der Waals surface area contributed by atoms with Crippen molar-refractivity contribution >= 4 is 33.4 Å². The quantitative estimate of drug-likeness (QED) is 0.656. The van der Waals surface area contributed by atoms with Crippen LogP contribution in [0.5, 0.6) is 0 Å². The number of hydrogen-bond acceptors (Lipinski definition) is 6. The normalized spacial score (nSPS) is 15.1. The fourth-order valence-electron chi connectivity index (χ4n) is 3.63. The van der Waals surface area contributed by atoms with Gasteiger partial charge in [0.2, 0.25) is 5.91 Å². The summed E-state index contributed by atoms with van der Waals surface area (Å²) in [5, 5.41) is 3.37. The number of nitrogens with zero attached hydrogens (tertiary/aromatic N) is 3. The summed E-state index contributed by atoms with van der Waals surface area (Å²) < 4.78 is 6.58. The van der Waals surface area contributed by atoms with Crippen LogP contribution in [0.2, 0.25) is 0 Å². The van der Waals surface area contributed by atoms with Gasteiger partial charge in [-0.15, -0.1) is 11.3 Å². The number of ether oxygens (including phenoxy) is 1. The topological polar surface area (TPSA) is 93.5 Å². The van der Waals surface area contributed by atoms with Crippen LogP contribution in [0.4, 0.5) is 0 Å². The Hall–Kier alpha value is -3.04. The Balaban J connectivity index is 1.57. The average molecular weight is 441 g/mol. The molecule has 0 spiro atoms. The van der Waals surface area contributed by atoms with Crippen molar-refractivity contribution in [1.82, 2.24) is 19.8 Å². The van der Waals surface area contributed by atoms with Gasteiger partial charge in [0.05, 0.1) is 35.8 Å². The smallest absolute Gasteiger partial charge is 0.262 e. The summed E-state index contributed by atoms with van der Waals surface area (Å²) in [7, 11) is 0. The molecule has 1 aromatic carbocycles. The van der Waals surface area contributed by atoms with Gasteiger partial charge in [-0.3, -0.25) is 19.0 Å². The lowest BCUT2D eigenvalue weighted by atomic mass is 10.1. The van der Waals surface area contributed by atoms with E-state index in [1.165, 1.54) is 22.2 Å². The van der Waals surface area contributed by atoms with E-state index in [0.717, 1.165) is 5.56 Å². The molecular formula is C22H24N4O4S. The predicted molar refractivity (Wildman–Crippen MR) is 118 cm³/mol. The van der Waals surface area contributed by atoms with Crippen molar-refractivity contribution in [2.24, 2.45) is 0 Å². The van der Waals surface area contributed by atoms with Crippen LogP contribution in [-0.4, -0.2) is 52.6 Å². The van der Waals surface area contributed by atoms with Crippen molar-refractivity contribution in [1.29, 1.82) is 0 Å². The lowest BCUT2D eigenvalue weighted by Crippen LogP contribution is -2.43. The van der Waals surface area contributed by atoms with E-state index in [1.54, 1.807) is 11.8 Å². The number of hydrogen-bond donors (Lipinski definition) is 1. The van der Waals surface area contributed by atoms with Gasteiger partial charge in [-0.2, -0.15) is 0 Å². The van der Waals surface area contributed by atoms with E-state index in [-0.39, 0.29) is 30.0 Å². The van der Waals surface area contributed by atoms with Gasteiger partial charge in [0.1, 0.15) is 11.4 Å². The lowest BCUT2D eigenvalue weighted by molar-refractivity contribution is -0.135. The number of carbonyl (C=O) groups excluding carboxylic acids is 2. The molecule has 1 aliphatic heterocycles. The molecule has 162 valence electrons. The van der Waals surface area contributed by atoms with Crippen LogP contribution >= 0.6 is 11.3 Å². The number of amides is 2. The molecule has 1 saturated heterocycles. The number of morpholine rings is 1. The molecule has 4 rings (SSSR count). The minimum absolute atomic E-state index is 0.0797. The van der Waals surface area contributed by atoms with Gasteiger partial charge in [0.15, 0.2) is 0 Å². The monoisotopic (exact) mass is 440 g/mol. The molecule has 0 saturated carbocycles. The number of fused-ring (bicyclic) bond motifs is 1. The zero-order valence-corrected chi connectivity index (χ0v) is 18.3. The molecular weight excluding hydrogens is 416 g/mol. The summed E-state index contributed by atoms with van der Waals surface area (Å²) in [6.07, 6.45) is 1.38. The number of nitrogens with one attached hydrogen (secondary N) is 1. The molecule has 1 atom stereocenters. The van der Waals surface area contributed by atoms with Crippen molar-refractivity contribution in [3.05, 3.63) is 63.0 Å². The largest absolute Gasteiger partial charge is 0.378 e. The summed E-state index contributed by atoms with van der Waals surface area (Å²) in [6, 6.07) is 9.51. The third-order valence-corrected chi connectivity index (χ3v) is 6.64. The zero-order valence-electron chi connectivity index (χ0n) is 17.5. The second-order valence-corrected chi connectivity index (χ2v) is 8.51. The summed E-state index contributed by atoms with van der Waals surface area (Å²) in [4.78, 5) is 45.5. The molecule has 0 aliphatic carbocycles. The van der Waals surface area contributed by atoms with Crippen LogP contribution in [0.25, 0.3) is 10.2 Å². The Morgan fingerprint density at radius 2 is 1.94 bits per heavy atom. The highest BCUT2D eigenvalue weighted by atomic mass is 32.1. The van der Waals surface area contributed by atoms with Crippen molar-refractivity contribution in [3.8, 4) is 0 Å².